The predicted octanol–water partition coefficient (Wildman–Crippen LogP) is 0.411. The minimum absolute atomic E-state index is 0.0738. The summed E-state index contributed by atoms with van der Waals surface area (Å²) < 4.78 is 11.0. The van der Waals surface area contributed by atoms with Crippen molar-refractivity contribution in [2.45, 2.75) is 65.3 Å². The van der Waals surface area contributed by atoms with Gasteiger partial charge in [-0.3, -0.25) is 10.2 Å². The topological polar surface area (TPSA) is 170 Å². The molecule has 0 bridgehead atoms. The van der Waals surface area contributed by atoms with Gasteiger partial charge in [0.05, 0.1) is 6.04 Å². The standard InChI is InChI=1S/C16H34N6O5/c1-5-26-15(27-6-2)13(10-11(3)4)21(22(24)25)14(23)12(17)8-7-9-20-16(18)19/h11-13,15H,5-10,17H2,1-4H3,(H4,18,19,20)/t12-,13-/m0/s1. The zero-order valence-corrected chi connectivity index (χ0v) is 16.6. The first kappa shape index (κ1) is 25.0. The van der Waals surface area contributed by atoms with Crippen LogP contribution in [0.2, 0.25) is 0 Å². The van der Waals surface area contributed by atoms with Crippen LogP contribution in [0.4, 0.5) is 0 Å². The SMILES string of the molecule is CCOC(OCC)[C@H](CC(C)C)N(C(=O)[C@@H](N)CCCNC(=N)N)[N+](=O)[O-]. The quantitative estimate of drug-likeness (QED) is 0.0825. The lowest BCUT2D eigenvalue weighted by atomic mass is 10.0. The van der Waals surface area contributed by atoms with Crippen LogP contribution in [-0.2, 0) is 14.3 Å². The number of hydrogen-bond acceptors (Lipinski definition) is 7. The number of hydrogen-bond donors (Lipinski definition) is 4. The molecule has 0 unspecified atom stereocenters. The summed E-state index contributed by atoms with van der Waals surface area (Å²) in [6.07, 6.45) is 0.0676. The van der Waals surface area contributed by atoms with Gasteiger partial charge in [0, 0.05) is 19.8 Å². The highest BCUT2D eigenvalue weighted by molar-refractivity contribution is 5.80. The van der Waals surface area contributed by atoms with E-state index >= 15 is 0 Å². The molecule has 11 heteroatoms. The number of carbonyl (C=O) groups excluding carboxylic acids is 1. The summed E-state index contributed by atoms with van der Waals surface area (Å²) in [4.78, 5) is 24.4. The molecule has 0 rings (SSSR count). The molecule has 11 nitrogen and oxygen atoms in total. The van der Waals surface area contributed by atoms with Crippen LogP contribution in [0.5, 0.6) is 0 Å². The Morgan fingerprint density at radius 2 is 1.85 bits per heavy atom. The maximum Gasteiger partial charge on any atom is 0.300 e. The number of amides is 1. The summed E-state index contributed by atoms with van der Waals surface area (Å²) in [6.45, 7) is 8.25. The zero-order chi connectivity index (χ0) is 21.0. The van der Waals surface area contributed by atoms with Crippen LogP contribution in [-0.4, -0.2) is 60.0 Å². The fourth-order valence-electron chi connectivity index (χ4n) is 2.61. The Morgan fingerprint density at radius 3 is 2.26 bits per heavy atom. The minimum Gasteiger partial charge on any atom is -0.370 e. The van der Waals surface area contributed by atoms with Crippen molar-refractivity contribution in [2.75, 3.05) is 19.8 Å². The highest BCUT2D eigenvalue weighted by atomic mass is 16.7. The van der Waals surface area contributed by atoms with Gasteiger partial charge < -0.3 is 26.3 Å². The van der Waals surface area contributed by atoms with Gasteiger partial charge in [-0.15, -0.1) is 0 Å². The molecule has 0 aliphatic carbocycles. The number of carbonyl (C=O) groups is 1. The lowest BCUT2D eigenvalue weighted by Gasteiger charge is -2.31. The molecule has 158 valence electrons. The van der Waals surface area contributed by atoms with E-state index in [2.05, 4.69) is 5.32 Å². The number of nitrogens with one attached hydrogen (secondary N) is 2. The van der Waals surface area contributed by atoms with Crippen LogP contribution in [0.1, 0.15) is 47.0 Å². The monoisotopic (exact) mass is 390 g/mol. The first-order valence-electron chi connectivity index (χ1n) is 9.19. The van der Waals surface area contributed by atoms with Crippen molar-refractivity contribution in [3.8, 4) is 0 Å². The molecular weight excluding hydrogens is 356 g/mol. The van der Waals surface area contributed by atoms with Gasteiger partial charge >= 0.3 is 5.91 Å². The molecule has 0 aromatic heterocycles. The van der Waals surface area contributed by atoms with Gasteiger partial charge in [-0.25, -0.2) is 10.1 Å². The highest BCUT2D eigenvalue weighted by Gasteiger charge is 2.42. The molecule has 0 aliphatic rings. The molecule has 0 spiro atoms. The Labute approximate surface area is 160 Å². The molecule has 1 amide bonds. The Hall–Kier alpha value is -1.98. The zero-order valence-electron chi connectivity index (χ0n) is 16.6. The summed E-state index contributed by atoms with van der Waals surface area (Å²) in [7, 11) is 0. The van der Waals surface area contributed by atoms with Gasteiger partial charge in [0.1, 0.15) is 6.04 Å². The summed E-state index contributed by atoms with van der Waals surface area (Å²) in [6, 6.07) is -1.95. The van der Waals surface area contributed by atoms with Gasteiger partial charge in [0.25, 0.3) is 0 Å². The lowest BCUT2D eigenvalue weighted by Crippen LogP contribution is -2.56. The Kier molecular flexibility index (Phi) is 12.3. The van der Waals surface area contributed by atoms with E-state index in [-0.39, 0.29) is 18.3 Å². The maximum absolute atomic E-state index is 12.7. The third-order valence-corrected chi connectivity index (χ3v) is 3.73. The third kappa shape index (κ3) is 9.50. The number of rotatable bonds is 14. The van der Waals surface area contributed by atoms with Crippen LogP contribution in [0.15, 0.2) is 0 Å². The minimum atomic E-state index is -1.05. The van der Waals surface area contributed by atoms with Crippen molar-refractivity contribution < 1.29 is 19.3 Å². The summed E-state index contributed by atoms with van der Waals surface area (Å²) >= 11 is 0. The molecule has 0 saturated heterocycles. The maximum atomic E-state index is 12.7. The lowest BCUT2D eigenvalue weighted by molar-refractivity contribution is -0.648. The van der Waals surface area contributed by atoms with Gasteiger partial charge in [-0.05, 0) is 39.0 Å². The van der Waals surface area contributed by atoms with E-state index in [1.54, 1.807) is 13.8 Å². The van der Waals surface area contributed by atoms with Gasteiger partial charge in [-0.1, -0.05) is 18.9 Å². The molecule has 2 atom stereocenters. The fraction of sp³-hybridized carbons (Fsp3) is 0.875. The molecule has 27 heavy (non-hydrogen) atoms. The molecule has 0 radical (unpaired) electrons. The largest absolute Gasteiger partial charge is 0.370 e. The van der Waals surface area contributed by atoms with Crippen LogP contribution >= 0.6 is 0 Å². The second-order valence-corrected chi connectivity index (χ2v) is 6.49. The van der Waals surface area contributed by atoms with E-state index in [0.717, 1.165) is 0 Å². The van der Waals surface area contributed by atoms with Crippen molar-refractivity contribution >= 4 is 11.9 Å². The van der Waals surface area contributed by atoms with Gasteiger partial charge in [0.15, 0.2) is 17.3 Å². The van der Waals surface area contributed by atoms with E-state index < -0.39 is 29.3 Å². The number of guanidine groups is 1. The molecule has 0 aromatic rings. The Balaban J connectivity index is 5.33. The number of nitro groups is 1. The normalized spacial score (nSPS) is 13.4. The van der Waals surface area contributed by atoms with Gasteiger partial charge in [-0.2, -0.15) is 0 Å². The fourth-order valence-corrected chi connectivity index (χ4v) is 2.61. The first-order chi connectivity index (χ1) is 12.6. The molecule has 0 fully saturated rings. The third-order valence-electron chi connectivity index (χ3n) is 3.73. The van der Waals surface area contributed by atoms with Gasteiger partial charge in [0.2, 0.25) is 0 Å². The molecule has 0 heterocycles. The first-order valence-corrected chi connectivity index (χ1v) is 9.19. The van der Waals surface area contributed by atoms with Crippen LogP contribution in [0.25, 0.3) is 0 Å². The van der Waals surface area contributed by atoms with E-state index in [1.807, 2.05) is 13.8 Å². The van der Waals surface area contributed by atoms with Crippen molar-refractivity contribution in [1.82, 2.24) is 10.3 Å². The van der Waals surface area contributed by atoms with Crippen molar-refractivity contribution in [3.63, 3.8) is 0 Å². The average Bonchev–Trinajstić information content (AvgIpc) is 2.56. The van der Waals surface area contributed by atoms with Crippen molar-refractivity contribution in [3.05, 3.63) is 10.1 Å². The number of nitrogens with zero attached hydrogens (tertiary/aromatic N) is 2. The Bertz CT molecular complexity index is 470. The number of nitrogens with two attached hydrogens (primary N) is 2. The molecule has 6 N–H and O–H groups in total. The van der Waals surface area contributed by atoms with Crippen molar-refractivity contribution in [2.24, 2.45) is 17.4 Å². The van der Waals surface area contributed by atoms with E-state index in [0.29, 0.717) is 37.6 Å². The molecule has 0 aliphatic heterocycles. The molecule has 0 aromatic carbocycles. The van der Waals surface area contributed by atoms with E-state index in [4.69, 9.17) is 26.4 Å². The molecular formula is C16H34N6O5. The van der Waals surface area contributed by atoms with Crippen LogP contribution in [0, 0.1) is 21.4 Å². The van der Waals surface area contributed by atoms with Crippen molar-refractivity contribution in [1.29, 1.82) is 5.41 Å². The smallest absolute Gasteiger partial charge is 0.300 e. The Morgan fingerprint density at radius 1 is 1.30 bits per heavy atom. The van der Waals surface area contributed by atoms with Crippen LogP contribution < -0.4 is 16.8 Å². The molecule has 0 saturated carbocycles. The second kappa shape index (κ2) is 13.2. The summed E-state index contributed by atoms with van der Waals surface area (Å²) in [5.41, 5.74) is 11.1. The second-order valence-electron chi connectivity index (χ2n) is 6.49. The predicted molar refractivity (Wildman–Crippen MR) is 101 cm³/mol. The van der Waals surface area contributed by atoms with Crippen LogP contribution in [0.3, 0.4) is 0 Å². The van der Waals surface area contributed by atoms with E-state index in [9.17, 15) is 14.9 Å². The average molecular weight is 390 g/mol. The summed E-state index contributed by atoms with van der Waals surface area (Å²) in [5, 5.41) is 21.2. The number of ether oxygens (including phenoxy) is 2. The summed E-state index contributed by atoms with van der Waals surface area (Å²) in [5.74, 6) is -0.905. The number of hydrazine groups is 1. The van der Waals surface area contributed by atoms with E-state index in [1.165, 1.54) is 0 Å². The highest BCUT2D eigenvalue weighted by Crippen LogP contribution is 2.20.